The zero-order valence-electron chi connectivity index (χ0n) is 9.45. The summed E-state index contributed by atoms with van der Waals surface area (Å²) in [6.45, 7) is 0. The molecule has 0 aromatic carbocycles. The molecule has 0 saturated carbocycles. The molecule has 1 aromatic rings. The Balaban J connectivity index is 2.17. The molecule has 0 bridgehead atoms. The van der Waals surface area contributed by atoms with E-state index in [0.29, 0.717) is 0 Å². The second-order valence-electron chi connectivity index (χ2n) is 4.05. The summed E-state index contributed by atoms with van der Waals surface area (Å²) in [5.41, 5.74) is 0. The number of thiophene rings is 1. The van der Waals surface area contributed by atoms with Crippen LogP contribution in [-0.2, 0) is 5.31 Å². The Morgan fingerprint density at radius 2 is 2.22 bits per heavy atom. The Morgan fingerprint density at radius 1 is 1.33 bits per heavy atom. The van der Waals surface area contributed by atoms with E-state index >= 15 is 0 Å². The summed E-state index contributed by atoms with van der Waals surface area (Å²) in [4.78, 5) is 3.15. The first-order valence-electron chi connectivity index (χ1n) is 5.54. The first-order chi connectivity index (χ1) is 8.75. The molecule has 3 rings (SSSR count). The van der Waals surface area contributed by atoms with Crippen molar-refractivity contribution in [1.82, 2.24) is 0 Å². The van der Waals surface area contributed by atoms with Gasteiger partial charge in [0.05, 0.1) is 5.31 Å². The fourth-order valence-corrected chi connectivity index (χ4v) is 5.43. The van der Waals surface area contributed by atoms with Gasteiger partial charge in [0.15, 0.2) is 0 Å². The highest BCUT2D eigenvalue weighted by atomic mass is 32.2. The van der Waals surface area contributed by atoms with Crippen LogP contribution in [0.3, 0.4) is 0 Å². The highest BCUT2D eigenvalue weighted by Crippen LogP contribution is 2.52. The Morgan fingerprint density at radius 3 is 2.83 bits per heavy atom. The summed E-state index contributed by atoms with van der Waals surface area (Å²) >= 11 is 4.89. The van der Waals surface area contributed by atoms with E-state index in [0.717, 1.165) is 20.4 Å². The standard InChI is InChI=1S/C12H11BO2S3/c14-13(15)12(10-4-2-7-17-10)5-8-18-11(12)9-3-1-6-16-9/h1-5,7-8,14-15H,6H2. The van der Waals surface area contributed by atoms with Gasteiger partial charge in [-0.05, 0) is 16.9 Å². The largest absolute Gasteiger partial charge is 0.473 e. The number of hydrogen-bond acceptors (Lipinski definition) is 5. The molecular weight excluding hydrogens is 283 g/mol. The highest BCUT2D eigenvalue weighted by Gasteiger charge is 2.49. The molecule has 18 heavy (non-hydrogen) atoms. The van der Waals surface area contributed by atoms with Gasteiger partial charge in [-0.2, -0.15) is 0 Å². The molecule has 0 aliphatic carbocycles. The Kier molecular flexibility index (Phi) is 3.47. The quantitative estimate of drug-likeness (QED) is 0.823. The Bertz CT molecular complexity index is 534. The molecule has 0 spiro atoms. The third-order valence-electron chi connectivity index (χ3n) is 3.06. The van der Waals surface area contributed by atoms with E-state index in [2.05, 4.69) is 12.2 Å². The number of thioether (sulfide) groups is 2. The minimum Gasteiger partial charge on any atom is -0.426 e. The molecule has 0 radical (unpaired) electrons. The van der Waals surface area contributed by atoms with Crippen molar-refractivity contribution in [2.45, 2.75) is 5.31 Å². The van der Waals surface area contributed by atoms with E-state index in [1.807, 2.05) is 29.0 Å². The van der Waals surface area contributed by atoms with Crippen LogP contribution in [0.2, 0.25) is 0 Å². The van der Waals surface area contributed by atoms with Crippen LogP contribution in [0.4, 0.5) is 0 Å². The van der Waals surface area contributed by atoms with Gasteiger partial charge >= 0.3 is 7.12 Å². The summed E-state index contributed by atoms with van der Waals surface area (Å²) < 4.78 is 0. The highest BCUT2D eigenvalue weighted by molar-refractivity contribution is 8.09. The van der Waals surface area contributed by atoms with Crippen LogP contribution >= 0.6 is 34.9 Å². The van der Waals surface area contributed by atoms with E-state index in [1.165, 1.54) is 0 Å². The van der Waals surface area contributed by atoms with Crippen molar-refractivity contribution in [3.8, 4) is 0 Å². The third-order valence-corrected chi connectivity index (χ3v) is 6.28. The molecule has 1 unspecified atom stereocenters. The zero-order valence-corrected chi connectivity index (χ0v) is 11.9. The summed E-state index contributed by atoms with van der Waals surface area (Å²) in [5.74, 6) is 0.960. The summed E-state index contributed by atoms with van der Waals surface area (Å²) in [7, 11) is -1.42. The average molecular weight is 294 g/mol. The molecule has 2 N–H and O–H groups in total. The molecule has 2 aliphatic heterocycles. The van der Waals surface area contributed by atoms with Crippen LogP contribution in [0.15, 0.2) is 51.0 Å². The monoisotopic (exact) mass is 294 g/mol. The average Bonchev–Trinajstić information content (AvgIpc) is 3.10. The van der Waals surface area contributed by atoms with Gasteiger partial charge in [-0.25, -0.2) is 0 Å². The molecule has 2 aliphatic rings. The van der Waals surface area contributed by atoms with Gasteiger partial charge in [0.2, 0.25) is 0 Å². The normalized spacial score (nSPS) is 30.3. The number of allylic oxidation sites excluding steroid dienone is 3. The molecule has 0 fully saturated rings. The van der Waals surface area contributed by atoms with Gasteiger partial charge in [-0.15, -0.1) is 34.9 Å². The smallest absolute Gasteiger partial charge is 0.426 e. The molecule has 0 saturated heterocycles. The lowest BCUT2D eigenvalue weighted by molar-refractivity contribution is 0.381. The van der Waals surface area contributed by atoms with E-state index in [-0.39, 0.29) is 0 Å². The zero-order chi connectivity index (χ0) is 12.6. The van der Waals surface area contributed by atoms with Gasteiger partial charge in [-0.1, -0.05) is 24.3 Å². The maximum absolute atomic E-state index is 9.94. The maximum Gasteiger partial charge on any atom is 0.473 e. The van der Waals surface area contributed by atoms with E-state index in [1.54, 1.807) is 34.9 Å². The summed E-state index contributed by atoms with van der Waals surface area (Å²) in [5, 5.41) is 23.0. The van der Waals surface area contributed by atoms with Crippen LogP contribution in [0, 0.1) is 0 Å². The summed E-state index contributed by atoms with van der Waals surface area (Å²) in [6.07, 6.45) is 6.09. The Labute approximate surface area is 119 Å². The molecule has 92 valence electrons. The fraction of sp³-hybridized carbons (Fsp3) is 0.167. The molecule has 6 heteroatoms. The van der Waals surface area contributed by atoms with Crippen LogP contribution in [0.1, 0.15) is 4.88 Å². The molecule has 2 nitrogen and oxygen atoms in total. The topological polar surface area (TPSA) is 40.5 Å². The van der Waals surface area contributed by atoms with E-state index in [4.69, 9.17) is 0 Å². The lowest BCUT2D eigenvalue weighted by Crippen LogP contribution is -2.41. The number of hydrogen-bond donors (Lipinski definition) is 2. The van der Waals surface area contributed by atoms with Crippen molar-refractivity contribution in [3.63, 3.8) is 0 Å². The molecule has 0 amide bonds. The van der Waals surface area contributed by atoms with Crippen LogP contribution in [0.25, 0.3) is 0 Å². The van der Waals surface area contributed by atoms with Gasteiger partial charge in [-0.3, -0.25) is 0 Å². The minimum absolute atomic E-state index is 0.782. The lowest BCUT2D eigenvalue weighted by atomic mass is 9.56. The van der Waals surface area contributed by atoms with Crippen molar-refractivity contribution in [2.75, 3.05) is 5.75 Å². The molecule has 1 atom stereocenters. The van der Waals surface area contributed by atoms with Crippen molar-refractivity contribution < 1.29 is 10.0 Å². The lowest BCUT2D eigenvalue weighted by Gasteiger charge is -2.28. The fourth-order valence-electron chi connectivity index (χ4n) is 2.17. The second-order valence-corrected chi connectivity index (χ2v) is 6.97. The predicted molar refractivity (Wildman–Crippen MR) is 81.5 cm³/mol. The van der Waals surface area contributed by atoms with Crippen molar-refractivity contribution in [1.29, 1.82) is 0 Å². The third kappa shape index (κ3) is 1.83. The van der Waals surface area contributed by atoms with Crippen LogP contribution < -0.4 is 0 Å². The van der Waals surface area contributed by atoms with Gasteiger partial charge < -0.3 is 10.0 Å². The first kappa shape index (κ1) is 12.6. The van der Waals surface area contributed by atoms with Gasteiger partial charge in [0, 0.05) is 20.4 Å². The number of rotatable bonds is 2. The van der Waals surface area contributed by atoms with Crippen LogP contribution in [-0.4, -0.2) is 22.9 Å². The van der Waals surface area contributed by atoms with Crippen molar-refractivity contribution in [2.24, 2.45) is 0 Å². The Hall–Kier alpha value is -0.395. The van der Waals surface area contributed by atoms with Crippen molar-refractivity contribution in [3.05, 3.63) is 55.8 Å². The van der Waals surface area contributed by atoms with Gasteiger partial charge in [0.25, 0.3) is 0 Å². The second kappa shape index (κ2) is 4.94. The maximum atomic E-state index is 9.94. The first-order valence-corrected chi connectivity index (χ1v) is 8.28. The van der Waals surface area contributed by atoms with E-state index < -0.39 is 12.4 Å². The van der Waals surface area contributed by atoms with E-state index in [9.17, 15) is 10.0 Å². The molecule has 3 heterocycles. The van der Waals surface area contributed by atoms with Gasteiger partial charge in [0.1, 0.15) is 0 Å². The predicted octanol–water partition coefficient (Wildman–Crippen LogP) is 2.77. The van der Waals surface area contributed by atoms with Crippen LogP contribution in [0.5, 0.6) is 0 Å². The summed E-state index contributed by atoms with van der Waals surface area (Å²) in [6, 6.07) is 3.91. The minimum atomic E-state index is -1.42. The molecule has 1 aromatic heterocycles. The molecular formula is C12H11BO2S3. The SMILES string of the molecule is OB(O)C1(c2cccs2)C=CSC1=C1C=CCS1. The van der Waals surface area contributed by atoms with Crippen molar-refractivity contribution >= 4 is 42.0 Å².